The van der Waals surface area contributed by atoms with Crippen LogP contribution in [0.3, 0.4) is 0 Å². The fourth-order valence-corrected chi connectivity index (χ4v) is 2.34. The van der Waals surface area contributed by atoms with E-state index in [-0.39, 0.29) is 0 Å². The van der Waals surface area contributed by atoms with E-state index in [9.17, 15) is 0 Å². The summed E-state index contributed by atoms with van der Waals surface area (Å²) in [6.45, 7) is 5.05. The first kappa shape index (κ1) is 10.2. The molecule has 1 aliphatic carbocycles. The number of rotatable bonds is 3. The van der Waals surface area contributed by atoms with Crippen molar-refractivity contribution in [3.05, 3.63) is 5.82 Å². The molecule has 3 rings (SSSR count). The maximum Gasteiger partial charge on any atom is 0.165 e. The van der Waals surface area contributed by atoms with Crippen LogP contribution in [0.4, 0.5) is 0 Å². The minimum atomic E-state index is 0.297. The van der Waals surface area contributed by atoms with E-state index < -0.39 is 0 Å². The van der Waals surface area contributed by atoms with Crippen molar-refractivity contribution in [2.24, 2.45) is 11.7 Å². The third-order valence-electron chi connectivity index (χ3n) is 3.56. The number of nitrogens with zero attached hydrogens (tertiary/aromatic N) is 5. The summed E-state index contributed by atoms with van der Waals surface area (Å²) >= 11 is 0. The van der Waals surface area contributed by atoms with Crippen LogP contribution < -0.4 is 5.73 Å². The number of hydrogen-bond acceptors (Lipinski definition) is 5. The van der Waals surface area contributed by atoms with Gasteiger partial charge in [0.15, 0.2) is 5.82 Å². The third-order valence-corrected chi connectivity index (χ3v) is 3.56. The molecule has 2 unspecified atom stereocenters. The van der Waals surface area contributed by atoms with Crippen LogP contribution in [0.5, 0.6) is 0 Å². The first-order valence-electron chi connectivity index (χ1n) is 5.98. The number of hydrogen-bond donors (Lipinski definition) is 1. The molecular weight excluding hydrogens is 204 g/mol. The van der Waals surface area contributed by atoms with Gasteiger partial charge in [-0.15, -0.1) is 5.10 Å². The van der Waals surface area contributed by atoms with Crippen molar-refractivity contribution in [1.29, 1.82) is 0 Å². The summed E-state index contributed by atoms with van der Waals surface area (Å²) in [5, 5.41) is 11.9. The van der Waals surface area contributed by atoms with E-state index in [0.717, 1.165) is 25.5 Å². The average Bonchev–Trinajstić information content (AvgIpc) is 2.91. The summed E-state index contributed by atoms with van der Waals surface area (Å²) in [6, 6.07) is 0.851. The Morgan fingerprint density at radius 2 is 2.19 bits per heavy atom. The van der Waals surface area contributed by atoms with E-state index in [1.807, 2.05) is 4.68 Å². The van der Waals surface area contributed by atoms with Gasteiger partial charge in [-0.2, -0.15) is 0 Å². The highest BCUT2D eigenvalue weighted by molar-refractivity contribution is 4.93. The van der Waals surface area contributed by atoms with E-state index in [1.54, 1.807) is 0 Å². The molecule has 1 aromatic heterocycles. The highest BCUT2D eigenvalue weighted by atomic mass is 15.6. The summed E-state index contributed by atoms with van der Waals surface area (Å²) in [5.74, 6) is 1.56. The first-order valence-corrected chi connectivity index (χ1v) is 5.98. The summed E-state index contributed by atoms with van der Waals surface area (Å²) in [6.07, 6.45) is 2.43. The lowest BCUT2D eigenvalue weighted by Gasteiger charge is -2.14. The van der Waals surface area contributed by atoms with E-state index in [2.05, 4.69) is 27.3 Å². The van der Waals surface area contributed by atoms with Gasteiger partial charge in [0.2, 0.25) is 0 Å². The topological polar surface area (TPSA) is 72.9 Å². The van der Waals surface area contributed by atoms with Crippen molar-refractivity contribution in [2.75, 3.05) is 13.1 Å². The highest BCUT2D eigenvalue weighted by Gasteiger charge is 2.31. The van der Waals surface area contributed by atoms with Crippen LogP contribution in [-0.4, -0.2) is 44.2 Å². The van der Waals surface area contributed by atoms with Crippen molar-refractivity contribution in [3.63, 3.8) is 0 Å². The predicted octanol–water partition coefficient (Wildman–Crippen LogP) is -0.213. The first-order chi connectivity index (χ1) is 7.74. The number of tetrazole rings is 1. The summed E-state index contributed by atoms with van der Waals surface area (Å²) in [4.78, 5) is 2.35. The second-order valence-corrected chi connectivity index (χ2v) is 5.11. The fourth-order valence-electron chi connectivity index (χ4n) is 2.34. The molecule has 2 heterocycles. The Morgan fingerprint density at radius 1 is 1.38 bits per heavy atom. The van der Waals surface area contributed by atoms with E-state index in [1.165, 1.54) is 12.8 Å². The molecule has 1 saturated heterocycles. The molecule has 0 amide bonds. The largest absolute Gasteiger partial charge is 0.326 e. The van der Waals surface area contributed by atoms with Gasteiger partial charge in [-0.25, -0.2) is 4.68 Å². The van der Waals surface area contributed by atoms with Crippen molar-refractivity contribution in [1.82, 2.24) is 25.1 Å². The molecule has 2 aliphatic rings. The summed E-state index contributed by atoms with van der Waals surface area (Å²) in [5.41, 5.74) is 6.01. The van der Waals surface area contributed by atoms with Gasteiger partial charge in [0.1, 0.15) is 0 Å². The molecule has 6 nitrogen and oxygen atoms in total. The van der Waals surface area contributed by atoms with Gasteiger partial charge in [-0.1, -0.05) is 6.92 Å². The summed E-state index contributed by atoms with van der Waals surface area (Å²) in [7, 11) is 0. The molecule has 2 N–H and O–H groups in total. The molecule has 2 fully saturated rings. The molecular formula is C10H18N6. The molecule has 16 heavy (non-hydrogen) atoms. The smallest absolute Gasteiger partial charge is 0.165 e. The second-order valence-electron chi connectivity index (χ2n) is 5.11. The quantitative estimate of drug-likeness (QED) is 0.766. The van der Waals surface area contributed by atoms with Crippen LogP contribution in [-0.2, 0) is 6.54 Å². The molecule has 1 aromatic rings. The number of aromatic nitrogens is 4. The molecule has 1 aliphatic heterocycles. The van der Waals surface area contributed by atoms with Crippen LogP contribution in [0.2, 0.25) is 0 Å². The van der Waals surface area contributed by atoms with Crippen molar-refractivity contribution < 1.29 is 0 Å². The summed E-state index contributed by atoms with van der Waals surface area (Å²) < 4.78 is 1.98. The molecule has 0 bridgehead atoms. The Morgan fingerprint density at radius 3 is 2.81 bits per heavy atom. The molecule has 2 atom stereocenters. The Bertz CT molecular complexity index is 361. The lowest BCUT2D eigenvalue weighted by molar-refractivity contribution is 0.302. The van der Waals surface area contributed by atoms with Crippen molar-refractivity contribution in [3.8, 4) is 0 Å². The van der Waals surface area contributed by atoms with Gasteiger partial charge in [-0.3, -0.25) is 4.90 Å². The Hall–Kier alpha value is -1.01. The standard InChI is InChI=1S/C10H18N6/c1-7-4-15(5-9(7)11)6-10-12-13-14-16(10)8-2-3-8/h7-9H,2-6,11H2,1H3. The third kappa shape index (κ3) is 1.82. The molecule has 0 spiro atoms. The number of likely N-dealkylation sites (tertiary alicyclic amines) is 1. The molecule has 1 saturated carbocycles. The Labute approximate surface area is 94.8 Å². The van der Waals surface area contributed by atoms with Crippen LogP contribution in [0.15, 0.2) is 0 Å². The Balaban J connectivity index is 1.67. The molecule has 0 aromatic carbocycles. The van der Waals surface area contributed by atoms with Gasteiger partial charge >= 0.3 is 0 Å². The average molecular weight is 222 g/mol. The van der Waals surface area contributed by atoms with Gasteiger partial charge in [0.05, 0.1) is 12.6 Å². The van der Waals surface area contributed by atoms with Crippen molar-refractivity contribution >= 4 is 0 Å². The molecule has 88 valence electrons. The van der Waals surface area contributed by atoms with E-state index in [4.69, 9.17) is 5.73 Å². The van der Waals surface area contributed by atoms with Gasteiger partial charge in [-0.05, 0) is 29.2 Å². The van der Waals surface area contributed by atoms with Crippen LogP contribution in [0, 0.1) is 5.92 Å². The lowest BCUT2D eigenvalue weighted by atomic mass is 10.1. The predicted molar refractivity (Wildman–Crippen MR) is 58.5 cm³/mol. The number of nitrogens with two attached hydrogens (primary N) is 1. The highest BCUT2D eigenvalue weighted by Crippen LogP contribution is 2.34. The minimum absolute atomic E-state index is 0.297. The zero-order chi connectivity index (χ0) is 11.1. The molecule has 0 radical (unpaired) electrons. The van der Waals surface area contributed by atoms with Crippen LogP contribution >= 0.6 is 0 Å². The van der Waals surface area contributed by atoms with E-state index in [0.29, 0.717) is 18.0 Å². The zero-order valence-electron chi connectivity index (χ0n) is 9.58. The second kappa shape index (κ2) is 3.78. The van der Waals surface area contributed by atoms with Gasteiger partial charge in [0, 0.05) is 19.1 Å². The van der Waals surface area contributed by atoms with Crippen LogP contribution in [0.1, 0.15) is 31.6 Å². The fraction of sp³-hybridized carbons (Fsp3) is 0.900. The SMILES string of the molecule is CC1CN(Cc2nnnn2C2CC2)CC1N. The molecule has 6 heteroatoms. The maximum absolute atomic E-state index is 6.01. The Kier molecular flexibility index (Phi) is 2.40. The maximum atomic E-state index is 6.01. The zero-order valence-corrected chi connectivity index (χ0v) is 9.58. The normalized spacial score (nSPS) is 31.1. The van der Waals surface area contributed by atoms with Crippen molar-refractivity contribution in [2.45, 2.75) is 38.4 Å². The van der Waals surface area contributed by atoms with Crippen LogP contribution in [0.25, 0.3) is 0 Å². The lowest BCUT2D eigenvalue weighted by Crippen LogP contribution is -2.28. The van der Waals surface area contributed by atoms with Gasteiger partial charge < -0.3 is 5.73 Å². The van der Waals surface area contributed by atoms with E-state index >= 15 is 0 Å². The van der Waals surface area contributed by atoms with Gasteiger partial charge in [0.25, 0.3) is 0 Å². The monoisotopic (exact) mass is 222 g/mol. The minimum Gasteiger partial charge on any atom is -0.326 e.